The average molecular weight is 391 g/mol. The Labute approximate surface area is 157 Å². The summed E-state index contributed by atoms with van der Waals surface area (Å²) in [5.74, 6) is 0.459. The van der Waals surface area contributed by atoms with Gasteiger partial charge in [-0.1, -0.05) is 0 Å². The van der Waals surface area contributed by atoms with E-state index in [0.29, 0.717) is 20.9 Å². The van der Waals surface area contributed by atoms with Crippen molar-refractivity contribution in [3.63, 3.8) is 0 Å². The van der Waals surface area contributed by atoms with Gasteiger partial charge in [-0.2, -0.15) is 0 Å². The van der Waals surface area contributed by atoms with Gasteiger partial charge >= 0.3 is 158 Å². The third-order valence-corrected chi connectivity index (χ3v) is 6.83. The molecule has 0 nitrogen and oxygen atoms in total. The number of aryl methyl sites for hydroxylation is 2. The zero-order valence-electron chi connectivity index (χ0n) is 14.9. The molecule has 25 heavy (non-hydrogen) atoms. The van der Waals surface area contributed by atoms with E-state index < -0.39 is 0 Å². The van der Waals surface area contributed by atoms with Gasteiger partial charge in [-0.15, -0.1) is 0 Å². The van der Waals surface area contributed by atoms with Gasteiger partial charge in [0.25, 0.3) is 0 Å². The van der Waals surface area contributed by atoms with Gasteiger partial charge in [-0.05, 0) is 0 Å². The molecule has 0 aliphatic carbocycles. The molecule has 3 aromatic carbocycles. The van der Waals surface area contributed by atoms with Gasteiger partial charge < -0.3 is 0 Å². The van der Waals surface area contributed by atoms with Crippen molar-refractivity contribution in [1.82, 2.24) is 0 Å². The summed E-state index contributed by atoms with van der Waals surface area (Å²) in [6, 6.07) is 28.3. The minimum atomic E-state index is 0.459. The van der Waals surface area contributed by atoms with Gasteiger partial charge in [0, 0.05) is 0 Å². The van der Waals surface area contributed by atoms with Crippen LogP contribution < -0.4 is 4.46 Å². The summed E-state index contributed by atoms with van der Waals surface area (Å²) in [4.78, 5) is 0. The molecular formula is C24H24Se. The van der Waals surface area contributed by atoms with E-state index in [1.165, 1.54) is 32.0 Å². The Kier molecular flexibility index (Phi) is 6.28. The number of hydrogen-bond acceptors (Lipinski definition) is 0. The van der Waals surface area contributed by atoms with Crippen molar-refractivity contribution in [2.24, 2.45) is 0 Å². The number of hydrogen-bond donors (Lipinski definition) is 0. The van der Waals surface area contributed by atoms with Crippen molar-refractivity contribution in [2.75, 3.05) is 0 Å². The fourth-order valence-electron chi connectivity index (χ4n) is 2.95. The van der Waals surface area contributed by atoms with E-state index >= 15 is 0 Å². The first-order valence-corrected chi connectivity index (χ1v) is 10.8. The summed E-state index contributed by atoms with van der Waals surface area (Å²) in [6.07, 6.45) is 4.70. The van der Waals surface area contributed by atoms with Crippen LogP contribution in [0.4, 0.5) is 0 Å². The van der Waals surface area contributed by atoms with Crippen LogP contribution >= 0.6 is 0 Å². The molecule has 3 aromatic rings. The summed E-state index contributed by atoms with van der Waals surface area (Å²) >= 11 is 0.476. The van der Waals surface area contributed by atoms with Crippen molar-refractivity contribution in [3.8, 4) is 0 Å². The number of allylic oxidation sites excluding steroid dienone is 1. The quantitative estimate of drug-likeness (QED) is 0.484. The van der Waals surface area contributed by atoms with Crippen molar-refractivity contribution >= 4 is 25.5 Å². The normalized spacial score (nSPS) is 12.4. The van der Waals surface area contributed by atoms with E-state index in [2.05, 4.69) is 105 Å². The predicted molar refractivity (Wildman–Crippen MR) is 111 cm³/mol. The molecule has 0 aromatic heterocycles. The predicted octanol–water partition coefficient (Wildman–Crippen LogP) is 5.55. The maximum absolute atomic E-state index is 2.40. The molecular weight excluding hydrogens is 367 g/mol. The molecule has 1 atom stereocenters. The topological polar surface area (TPSA) is 0 Å². The molecule has 3 rings (SSSR count). The zero-order valence-corrected chi connectivity index (χ0v) is 16.6. The van der Waals surface area contributed by atoms with E-state index in [4.69, 9.17) is 0 Å². The molecule has 0 saturated carbocycles. The van der Waals surface area contributed by atoms with Crippen LogP contribution in [0.15, 0.2) is 84.9 Å². The second-order valence-electron chi connectivity index (χ2n) is 6.30. The third-order valence-electron chi connectivity index (χ3n) is 4.46. The molecule has 0 saturated heterocycles. The van der Waals surface area contributed by atoms with E-state index in [-0.39, 0.29) is 0 Å². The summed E-state index contributed by atoms with van der Waals surface area (Å²) in [7, 11) is 0. The Morgan fingerprint density at radius 2 is 1.40 bits per heavy atom. The number of benzene rings is 3. The summed E-state index contributed by atoms with van der Waals surface area (Å²) in [6.45, 7) is 4.40. The second kappa shape index (κ2) is 8.85. The standard InChI is InChI=1S/C24H24Se/c1-19-10-6-8-12-21(19)16-17-22(24-15-9-7-11-20(24)2)18-25-23-13-4-3-5-14-23/h3-17,22H,18H2,1-2H3/b17-16+. The van der Waals surface area contributed by atoms with Crippen LogP contribution in [0.1, 0.15) is 28.2 Å². The molecule has 1 unspecified atom stereocenters. The van der Waals surface area contributed by atoms with Gasteiger partial charge in [-0.3, -0.25) is 0 Å². The fourth-order valence-corrected chi connectivity index (χ4v) is 5.07. The van der Waals surface area contributed by atoms with E-state index in [1.807, 2.05) is 0 Å². The molecule has 0 N–H and O–H groups in total. The molecule has 0 aliphatic heterocycles. The first-order valence-electron chi connectivity index (χ1n) is 8.71. The molecule has 0 aliphatic rings. The molecule has 0 radical (unpaired) electrons. The maximum atomic E-state index is 2.40. The van der Waals surface area contributed by atoms with Crippen molar-refractivity contribution in [3.05, 3.63) is 107 Å². The van der Waals surface area contributed by atoms with Crippen LogP contribution in [0.5, 0.6) is 0 Å². The Morgan fingerprint density at radius 1 is 0.760 bits per heavy atom. The summed E-state index contributed by atoms with van der Waals surface area (Å²) in [5, 5.41) is 1.18. The van der Waals surface area contributed by atoms with Gasteiger partial charge in [0.15, 0.2) is 0 Å². The van der Waals surface area contributed by atoms with Crippen LogP contribution in [0.2, 0.25) is 5.32 Å². The van der Waals surface area contributed by atoms with Crippen LogP contribution in [-0.4, -0.2) is 15.0 Å². The SMILES string of the molecule is Cc1ccccc1/C=C/C(C[Se]c1ccccc1)c1ccccc1C. The Balaban J connectivity index is 1.84. The van der Waals surface area contributed by atoms with Crippen LogP contribution in [-0.2, 0) is 0 Å². The van der Waals surface area contributed by atoms with Crippen LogP contribution in [0.25, 0.3) is 6.08 Å². The molecule has 0 bridgehead atoms. The first-order chi connectivity index (χ1) is 12.2. The molecule has 126 valence electrons. The van der Waals surface area contributed by atoms with Gasteiger partial charge in [-0.25, -0.2) is 0 Å². The van der Waals surface area contributed by atoms with E-state index in [0.717, 1.165) is 0 Å². The number of rotatable bonds is 6. The van der Waals surface area contributed by atoms with Crippen LogP contribution in [0, 0.1) is 13.8 Å². The molecule has 1 heteroatoms. The summed E-state index contributed by atoms with van der Waals surface area (Å²) < 4.78 is 1.47. The van der Waals surface area contributed by atoms with Crippen molar-refractivity contribution < 1.29 is 0 Å². The Hall–Kier alpha value is -2.08. The van der Waals surface area contributed by atoms with Gasteiger partial charge in [0.1, 0.15) is 0 Å². The van der Waals surface area contributed by atoms with Crippen molar-refractivity contribution in [2.45, 2.75) is 25.1 Å². The third kappa shape index (κ3) is 4.95. The Morgan fingerprint density at radius 3 is 2.12 bits per heavy atom. The first kappa shape index (κ1) is 17.7. The second-order valence-corrected chi connectivity index (χ2v) is 8.60. The van der Waals surface area contributed by atoms with E-state index in [1.54, 1.807) is 0 Å². The average Bonchev–Trinajstić information content (AvgIpc) is 2.65. The monoisotopic (exact) mass is 392 g/mol. The molecule has 0 fully saturated rings. The minimum absolute atomic E-state index is 0.459. The molecule has 0 amide bonds. The van der Waals surface area contributed by atoms with Gasteiger partial charge in [0.2, 0.25) is 0 Å². The summed E-state index contributed by atoms with van der Waals surface area (Å²) in [5.41, 5.74) is 5.47. The van der Waals surface area contributed by atoms with E-state index in [9.17, 15) is 0 Å². The van der Waals surface area contributed by atoms with Crippen LogP contribution in [0.3, 0.4) is 0 Å². The molecule has 0 heterocycles. The Bertz CT molecular complexity index is 833. The van der Waals surface area contributed by atoms with Gasteiger partial charge in [0.05, 0.1) is 0 Å². The fraction of sp³-hybridized carbons (Fsp3) is 0.167. The molecule has 0 spiro atoms. The zero-order chi connectivity index (χ0) is 17.5. The van der Waals surface area contributed by atoms with Crippen molar-refractivity contribution in [1.29, 1.82) is 0 Å².